The molecule has 0 radical (unpaired) electrons. The van der Waals surface area contributed by atoms with Gasteiger partial charge in [-0.1, -0.05) is 48.9 Å². The van der Waals surface area contributed by atoms with E-state index in [1.165, 1.54) is 54.4 Å². The minimum Gasteiger partial charge on any atom is -0.117 e. The van der Waals surface area contributed by atoms with E-state index in [0.717, 1.165) is 6.42 Å². The zero-order valence-corrected chi connectivity index (χ0v) is 11.3. The third kappa shape index (κ3) is 3.75. The van der Waals surface area contributed by atoms with E-state index in [-0.39, 0.29) is 0 Å². The second-order valence-corrected chi connectivity index (χ2v) is 5.27. The van der Waals surface area contributed by atoms with E-state index in [2.05, 4.69) is 49.6 Å². The molecule has 0 unspecified atom stereocenters. The molecule has 0 N–H and O–H groups in total. The highest BCUT2D eigenvalue weighted by atomic mass is 14.1. The molecule has 1 aliphatic rings. The van der Waals surface area contributed by atoms with Crippen molar-refractivity contribution in [1.29, 1.82) is 0 Å². The minimum atomic E-state index is 0.938. The Balaban J connectivity index is 2.35. The van der Waals surface area contributed by atoms with Gasteiger partial charge in [0.05, 0.1) is 0 Å². The summed E-state index contributed by atoms with van der Waals surface area (Å²) in [5.74, 6) is 0. The molecule has 1 fully saturated rings. The van der Waals surface area contributed by atoms with E-state index >= 15 is 0 Å². The molecular weight excluding hydrogens is 216 g/mol. The number of hydrogen-bond donors (Lipinski definition) is 0. The van der Waals surface area contributed by atoms with Crippen LogP contribution in [0.2, 0.25) is 0 Å². The molecule has 1 aliphatic carbocycles. The fourth-order valence-corrected chi connectivity index (χ4v) is 2.48. The average molecular weight is 238 g/mol. The van der Waals surface area contributed by atoms with Crippen LogP contribution in [0, 0.1) is 0 Å². The maximum absolute atomic E-state index is 4.04. The third-order valence-corrected chi connectivity index (χ3v) is 3.39. The van der Waals surface area contributed by atoms with E-state index in [9.17, 15) is 0 Å². The van der Waals surface area contributed by atoms with E-state index in [1.807, 2.05) is 0 Å². The summed E-state index contributed by atoms with van der Waals surface area (Å²) in [7, 11) is 0. The molecule has 1 aromatic carbocycles. The van der Waals surface area contributed by atoms with Crippen molar-refractivity contribution in [3.63, 3.8) is 0 Å². The molecule has 0 aromatic heterocycles. The van der Waals surface area contributed by atoms with E-state index in [0.29, 0.717) is 0 Å². The predicted molar refractivity (Wildman–Crippen MR) is 79.4 cm³/mol. The van der Waals surface area contributed by atoms with Crippen molar-refractivity contribution in [3.05, 3.63) is 59.4 Å². The lowest BCUT2D eigenvalue weighted by Gasteiger charge is -2.12. The Hall–Kier alpha value is -1.52. The fourth-order valence-electron chi connectivity index (χ4n) is 2.48. The zero-order chi connectivity index (χ0) is 12.8. The van der Waals surface area contributed by atoms with Crippen LogP contribution in [0.1, 0.15) is 51.0 Å². The summed E-state index contributed by atoms with van der Waals surface area (Å²) in [6, 6.07) is 10.6. The highest BCUT2D eigenvalue weighted by Crippen LogP contribution is 2.26. The first-order valence-electron chi connectivity index (χ1n) is 6.93. The van der Waals surface area contributed by atoms with E-state index in [4.69, 9.17) is 0 Å². The van der Waals surface area contributed by atoms with Gasteiger partial charge in [0, 0.05) is 12.0 Å². The Morgan fingerprint density at radius 3 is 2.39 bits per heavy atom. The molecule has 2 rings (SSSR count). The minimum absolute atomic E-state index is 0.938. The van der Waals surface area contributed by atoms with Gasteiger partial charge >= 0.3 is 0 Å². The normalized spacial score (nSPS) is 15.1. The maximum Gasteiger partial charge on any atom is 0.00518 e. The van der Waals surface area contributed by atoms with Crippen LogP contribution in [0.25, 0.3) is 5.57 Å². The Morgan fingerprint density at radius 2 is 1.78 bits per heavy atom. The summed E-state index contributed by atoms with van der Waals surface area (Å²) < 4.78 is 0. The predicted octanol–water partition coefficient (Wildman–Crippen LogP) is 5.53. The van der Waals surface area contributed by atoms with Crippen molar-refractivity contribution in [3.8, 4) is 0 Å². The maximum atomic E-state index is 4.04. The Bertz CT molecular complexity index is 462. The standard InChI is InChI=1S/C18H22/c1-15(2)13-18(17-11-7-4-8-12-17)14-16-9-5-3-6-10-16/h4,7-8,11-12H,1,3,5-6,9-10,13H2,2H3. The first kappa shape index (κ1) is 12.9. The van der Waals surface area contributed by atoms with Crippen LogP contribution >= 0.6 is 0 Å². The number of rotatable bonds is 3. The lowest BCUT2D eigenvalue weighted by atomic mass is 9.93. The molecule has 18 heavy (non-hydrogen) atoms. The van der Waals surface area contributed by atoms with Crippen LogP contribution in [0.5, 0.6) is 0 Å². The van der Waals surface area contributed by atoms with Gasteiger partial charge in [-0.15, -0.1) is 5.73 Å². The van der Waals surface area contributed by atoms with Crippen LogP contribution in [0.3, 0.4) is 0 Å². The molecule has 1 aromatic rings. The van der Waals surface area contributed by atoms with Gasteiger partial charge in [-0.2, -0.15) is 0 Å². The van der Waals surface area contributed by atoms with Crippen molar-refractivity contribution in [2.45, 2.75) is 45.4 Å². The van der Waals surface area contributed by atoms with Crippen molar-refractivity contribution < 1.29 is 0 Å². The Kier molecular flexibility index (Phi) is 4.61. The molecule has 0 nitrogen and oxygen atoms in total. The molecule has 0 heterocycles. The van der Waals surface area contributed by atoms with Gasteiger partial charge in [0.2, 0.25) is 0 Å². The SMILES string of the molecule is C=C(C)CC(=C=C1CCCCC1)c1ccccc1. The molecule has 0 amide bonds. The number of allylic oxidation sites excluding steroid dienone is 2. The molecule has 0 atom stereocenters. The fraction of sp³-hybridized carbons (Fsp3) is 0.389. The van der Waals surface area contributed by atoms with Crippen molar-refractivity contribution >= 4 is 5.57 Å². The zero-order valence-electron chi connectivity index (χ0n) is 11.3. The van der Waals surface area contributed by atoms with E-state index in [1.54, 1.807) is 0 Å². The molecule has 0 spiro atoms. The van der Waals surface area contributed by atoms with Crippen LogP contribution in [-0.2, 0) is 0 Å². The van der Waals surface area contributed by atoms with Gasteiger partial charge in [0.25, 0.3) is 0 Å². The number of hydrogen-bond acceptors (Lipinski definition) is 0. The van der Waals surface area contributed by atoms with Crippen molar-refractivity contribution in [2.24, 2.45) is 0 Å². The highest BCUT2D eigenvalue weighted by molar-refractivity contribution is 5.67. The third-order valence-electron chi connectivity index (χ3n) is 3.39. The quantitative estimate of drug-likeness (QED) is 0.480. The summed E-state index contributed by atoms with van der Waals surface area (Å²) in [5.41, 5.74) is 8.98. The lowest BCUT2D eigenvalue weighted by molar-refractivity contribution is 0.600. The molecule has 0 bridgehead atoms. The van der Waals surface area contributed by atoms with Gasteiger partial charge in [-0.25, -0.2) is 0 Å². The first-order valence-corrected chi connectivity index (χ1v) is 6.93. The van der Waals surface area contributed by atoms with Gasteiger partial charge in [-0.3, -0.25) is 0 Å². The van der Waals surface area contributed by atoms with Crippen LogP contribution in [0.4, 0.5) is 0 Å². The smallest absolute Gasteiger partial charge is 0.00518 e. The Morgan fingerprint density at radius 1 is 1.11 bits per heavy atom. The van der Waals surface area contributed by atoms with Crippen LogP contribution in [-0.4, -0.2) is 0 Å². The summed E-state index contributed by atoms with van der Waals surface area (Å²) in [4.78, 5) is 0. The van der Waals surface area contributed by atoms with Crippen molar-refractivity contribution in [1.82, 2.24) is 0 Å². The summed E-state index contributed by atoms with van der Waals surface area (Å²) in [6.07, 6.45) is 7.44. The topological polar surface area (TPSA) is 0 Å². The lowest BCUT2D eigenvalue weighted by Crippen LogP contribution is -1.93. The molecule has 94 valence electrons. The summed E-state index contributed by atoms with van der Waals surface area (Å²) >= 11 is 0. The van der Waals surface area contributed by atoms with Crippen molar-refractivity contribution in [2.75, 3.05) is 0 Å². The average Bonchev–Trinajstić information content (AvgIpc) is 2.40. The molecule has 0 saturated heterocycles. The van der Waals surface area contributed by atoms with Gasteiger partial charge < -0.3 is 0 Å². The van der Waals surface area contributed by atoms with Gasteiger partial charge in [-0.05, 0) is 43.7 Å². The van der Waals surface area contributed by atoms with E-state index < -0.39 is 0 Å². The largest absolute Gasteiger partial charge is 0.117 e. The molecule has 0 heteroatoms. The summed E-state index contributed by atoms with van der Waals surface area (Å²) in [6.45, 7) is 6.14. The molecule has 0 aliphatic heterocycles. The van der Waals surface area contributed by atoms with Crippen LogP contribution in [0.15, 0.2) is 53.8 Å². The highest BCUT2D eigenvalue weighted by Gasteiger charge is 2.06. The van der Waals surface area contributed by atoms with Gasteiger partial charge in [0.1, 0.15) is 0 Å². The molecular formula is C18H22. The summed E-state index contributed by atoms with van der Waals surface area (Å²) in [5, 5.41) is 0. The monoisotopic (exact) mass is 238 g/mol. The second kappa shape index (κ2) is 6.42. The van der Waals surface area contributed by atoms with Gasteiger partial charge in [0.15, 0.2) is 0 Å². The molecule has 1 saturated carbocycles. The Labute approximate surface area is 111 Å². The second-order valence-electron chi connectivity index (χ2n) is 5.27. The van der Waals surface area contributed by atoms with Crippen LogP contribution < -0.4 is 0 Å². The number of benzene rings is 1. The first-order chi connectivity index (χ1) is 8.75.